The average Bonchev–Trinajstić information content (AvgIpc) is 3.94. The molecule has 3 aromatic heterocycles. The molecule has 3 saturated heterocycles. The number of aryl methyl sites for hydroxylation is 2. The smallest absolute Gasteiger partial charge is 0.208 e. The van der Waals surface area contributed by atoms with Gasteiger partial charge in [0.1, 0.15) is 11.6 Å². The third-order valence-electron chi connectivity index (χ3n) is 13.5. The molecule has 7 heterocycles. The van der Waals surface area contributed by atoms with Crippen LogP contribution in [0.5, 0.6) is 0 Å². The molecule has 2 bridgehead atoms. The largest absolute Gasteiger partial charge is 0.371 e. The van der Waals surface area contributed by atoms with E-state index in [9.17, 15) is 0 Å². The van der Waals surface area contributed by atoms with E-state index in [2.05, 4.69) is 92.0 Å². The summed E-state index contributed by atoms with van der Waals surface area (Å²) in [5, 5.41) is 11.3. The van der Waals surface area contributed by atoms with Crippen LogP contribution in [0.15, 0.2) is 79.8 Å². The Morgan fingerprint density at radius 1 is 0.836 bits per heavy atom. The molecule has 5 aromatic rings. The van der Waals surface area contributed by atoms with Gasteiger partial charge in [-0.1, -0.05) is 39.1 Å². The highest BCUT2D eigenvalue weighted by Crippen LogP contribution is 2.38. The van der Waals surface area contributed by atoms with Crippen molar-refractivity contribution in [3.05, 3.63) is 120 Å². The third kappa shape index (κ3) is 8.75. The summed E-state index contributed by atoms with van der Waals surface area (Å²) < 4.78 is 35.3. The maximum atomic E-state index is 15.5. The number of allylic oxidation sites excluding steroid dienone is 2. The minimum atomic E-state index is -0.489. The van der Waals surface area contributed by atoms with Gasteiger partial charge in [-0.2, -0.15) is 5.10 Å². The van der Waals surface area contributed by atoms with Gasteiger partial charge < -0.3 is 25.0 Å². The van der Waals surface area contributed by atoms with Gasteiger partial charge in [0.05, 0.1) is 22.9 Å². The van der Waals surface area contributed by atoms with Gasteiger partial charge >= 0.3 is 0 Å². The van der Waals surface area contributed by atoms with Crippen LogP contribution in [-0.2, 0) is 26.6 Å². The van der Waals surface area contributed by atoms with E-state index in [1.54, 1.807) is 0 Å². The third-order valence-corrected chi connectivity index (χ3v) is 13.5. The van der Waals surface area contributed by atoms with Crippen LogP contribution in [-0.4, -0.2) is 79.9 Å². The molecule has 2 unspecified atom stereocenters. The van der Waals surface area contributed by atoms with Crippen molar-refractivity contribution in [3.63, 3.8) is 0 Å². The molecule has 10 nitrogen and oxygen atoms in total. The van der Waals surface area contributed by atoms with E-state index in [-0.39, 0.29) is 11.5 Å². The second kappa shape index (κ2) is 17.2. The first-order valence-corrected chi connectivity index (χ1v) is 22.2. The Morgan fingerprint density at radius 3 is 2.41 bits per heavy atom. The van der Waals surface area contributed by atoms with Crippen molar-refractivity contribution < 1.29 is 8.78 Å². The van der Waals surface area contributed by atoms with Crippen LogP contribution < -0.4 is 15.5 Å². The number of rotatable bonds is 6. The molecule has 4 aliphatic rings. The van der Waals surface area contributed by atoms with Crippen molar-refractivity contribution in [3.8, 4) is 11.3 Å². The van der Waals surface area contributed by atoms with Gasteiger partial charge in [0.2, 0.25) is 5.95 Å². The van der Waals surface area contributed by atoms with Crippen LogP contribution in [0.25, 0.3) is 28.0 Å². The Kier molecular flexibility index (Phi) is 11.6. The first kappa shape index (κ1) is 41.0. The summed E-state index contributed by atoms with van der Waals surface area (Å²) in [4.78, 5) is 17.3. The number of nitrogens with zero attached hydrogens (tertiary/aromatic N) is 8. The fourth-order valence-corrected chi connectivity index (χ4v) is 10.1. The summed E-state index contributed by atoms with van der Waals surface area (Å²) in [6.45, 7) is 25.2. The molecule has 61 heavy (non-hydrogen) atoms. The molecular weight excluding hydrogens is 767 g/mol. The minimum absolute atomic E-state index is 0.114. The highest BCUT2D eigenvalue weighted by molar-refractivity contribution is 5.83. The SMILES string of the molecule is C=C1CCC(c2c(F)cc(N3CCC(CN4CCN(Cc5ccc6nc7n(c6c5)C[C@H](C)CCCCc5c(cnn5C)-c5cc(cc(C)n5)C(=C)N7)CC4)C3)cc2F)C(=C)N1. The van der Waals surface area contributed by atoms with Crippen LogP contribution in [0.3, 0.4) is 0 Å². The van der Waals surface area contributed by atoms with Crippen LogP contribution >= 0.6 is 0 Å². The molecule has 4 aliphatic heterocycles. The number of piperazine rings is 1. The Balaban J connectivity index is 0.837. The molecule has 12 heteroatoms. The normalized spacial score (nSPS) is 22.1. The van der Waals surface area contributed by atoms with Crippen LogP contribution in [0, 0.1) is 30.4 Å². The number of pyridine rings is 1. The van der Waals surface area contributed by atoms with Gasteiger partial charge in [0.15, 0.2) is 0 Å². The van der Waals surface area contributed by atoms with E-state index in [4.69, 9.17) is 9.97 Å². The Labute approximate surface area is 359 Å². The van der Waals surface area contributed by atoms with Gasteiger partial charge in [-0.25, -0.2) is 13.8 Å². The number of benzene rings is 2. The Bertz CT molecular complexity index is 2450. The number of hydrogen-bond donors (Lipinski definition) is 2. The Morgan fingerprint density at radius 2 is 1.62 bits per heavy atom. The van der Waals surface area contributed by atoms with E-state index in [1.165, 1.54) is 23.4 Å². The standard InChI is InChI=1S/C49H60F2N10/c1-31-9-7-8-10-46-41(26-52-57(46)6)45-23-38(21-33(3)54-45)34(4)55-49-56-44-14-12-36(22-47(44)61(49)27-31)28-58-17-19-59(20-18-58)29-37-15-16-60(30-37)39-24-42(50)48(43(51)25-39)40-13-11-32(2)53-35(40)5/h12,14,21-26,31,37,40,53H,2,4-5,7-11,13,15-20,27-30H2,1,3,6H3,(H,55,56)/t31-,37?,40?/m1/s1. The Hall–Kier alpha value is -5.33. The molecule has 9 rings (SSSR count). The molecule has 0 radical (unpaired) electrons. The fraction of sp³-hybridized carbons (Fsp3) is 0.449. The maximum absolute atomic E-state index is 15.5. The molecule has 2 N–H and O–H groups in total. The number of hydrogen-bond acceptors (Lipinski definition) is 8. The summed E-state index contributed by atoms with van der Waals surface area (Å²) >= 11 is 0. The van der Waals surface area contributed by atoms with E-state index in [0.29, 0.717) is 36.1 Å². The maximum Gasteiger partial charge on any atom is 0.208 e. The van der Waals surface area contributed by atoms with Crippen molar-refractivity contribution in [2.24, 2.45) is 18.9 Å². The summed E-state index contributed by atoms with van der Waals surface area (Å²) in [6.07, 6.45) is 8.56. The van der Waals surface area contributed by atoms with E-state index >= 15 is 8.78 Å². The monoisotopic (exact) mass is 826 g/mol. The summed E-state index contributed by atoms with van der Waals surface area (Å²) in [5.74, 6) is 0.372. The number of imidazole rings is 1. The highest BCUT2D eigenvalue weighted by atomic mass is 19.1. The zero-order chi connectivity index (χ0) is 42.4. The van der Waals surface area contributed by atoms with Crippen molar-refractivity contribution in [2.75, 3.05) is 56.0 Å². The van der Waals surface area contributed by atoms with Crippen LogP contribution in [0.2, 0.25) is 0 Å². The topological polar surface area (TPSA) is 82.3 Å². The molecule has 0 amide bonds. The number of piperidine rings is 1. The van der Waals surface area contributed by atoms with Gasteiger partial charge in [-0.05, 0) is 99.2 Å². The second-order valence-corrected chi connectivity index (χ2v) is 18.2. The van der Waals surface area contributed by atoms with Gasteiger partial charge in [-0.3, -0.25) is 14.6 Å². The number of aromatic nitrogens is 5. The van der Waals surface area contributed by atoms with E-state index in [0.717, 1.165) is 142 Å². The summed E-state index contributed by atoms with van der Waals surface area (Å²) in [6, 6.07) is 14.0. The first-order valence-electron chi connectivity index (χ1n) is 22.2. The van der Waals surface area contributed by atoms with Crippen molar-refractivity contribution in [1.82, 2.24) is 39.4 Å². The summed E-state index contributed by atoms with van der Waals surface area (Å²) in [5.41, 5.74) is 11.6. The zero-order valence-corrected chi connectivity index (χ0v) is 36.1. The summed E-state index contributed by atoms with van der Waals surface area (Å²) in [7, 11) is 2.03. The molecular formula is C49H60F2N10. The lowest BCUT2D eigenvalue weighted by atomic mass is 9.87. The predicted octanol–water partition coefficient (Wildman–Crippen LogP) is 9.00. The lowest BCUT2D eigenvalue weighted by Crippen LogP contribution is -2.47. The zero-order valence-electron chi connectivity index (χ0n) is 36.1. The number of anilines is 2. The molecule has 3 fully saturated rings. The van der Waals surface area contributed by atoms with E-state index < -0.39 is 11.6 Å². The van der Waals surface area contributed by atoms with Crippen molar-refractivity contribution in [1.29, 1.82) is 0 Å². The van der Waals surface area contributed by atoms with Crippen molar-refractivity contribution in [2.45, 2.75) is 77.8 Å². The van der Waals surface area contributed by atoms with Gasteiger partial charge in [0.25, 0.3) is 0 Å². The van der Waals surface area contributed by atoms with Crippen molar-refractivity contribution >= 4 is 28.4 Å². The molecule has 2 aromatic carbocycles. The highest BCUT2D eigenvalue weighted by Gasteiger charge is 2.31. The number of halogens is 2. The lowest BCUT2D eigenvalue weighted by molar-refractivity contribution is 0.115. The van der Waals surface area contributed by atoms with Gasteiger partial charge in [-0.15, -0.1) is 0 Å². The molecule has 0 saturated carbocycles. The molecule has 3 atom stereocenters. The van der Waals surface area contributed by atoms with Gasteiger partial charge in [0, 0.05) is 123 Å². The molecule has 0 spiro atoms. The predicted molar refractivity (Wildman–Crippen MR) is 242 cm³/mol. The van der Waals surface area contributed by atoms with E-state index in [1.807, 2.05) is 24.9 Å². The first-order chi connectivity index (χ1) is 29.4. The fourth-order valence-electron chi connectivity index (χ4n) is 10.1. The second-order valence-electron chi connectivity index (χ2n) is 18.2. The average molecular weight is 827 g/mol. The van der Waals surface area contributed by atoms with Crippen LogP contribution in [0.1, 0.15) is 79.4 Å². The quantitative estimate of drug-likeness (QED) is 0.176. The van der Waals surface area contributed by atoms with Crippen LogP contribution in [0.4, 0.5) is 20.4 Å². The minimum Gasteiger partial charge on any atom is -0.371 e. The lowest BCUT2D eigenvalue weighted by Gasteiger charge is -2.36. The molecule has 0 aliphatic carbocycles. The number of fused-ring (bicyclic) bond motifs is 7. The molecule has 320 valence electrons. The number of nitrogens with one attached hydrogen (secondary N) is 2.